The standard InChI is InChI=1S/C12H11N2O2/c15-6-5-14(9-16)8-10-7-13-12-4-2-1-3-11(10)12/h1-4,6-7,13H,5,8H2. The smallest absolute Gasteiger partial charge is 0.312 e. The summed E-state index contributed by atoms with van der Waals surface area (Å²) in [6, 6.07) is 7.82. The van der Waals surface area contributed by atoms with E-state index in [2.05, 4.69) is 4.98 Å². The molecule has 1 N–H and O–H groups in total. The highest BCUT2D eigenvalue weighted by Gasteiger charge is 2.07. The van der Waals surface area contributed by atoms with E-state index in [1.54, 1.807) is 6.41 Å². The van der Waals surface area contributed by atoms with Crippen LogP contribution in [0.4, 0.5) is 0 Å². The van der Waals surface area contributed by atoms with Crippen molar-refractivity contribution in [2.75, 3.05) is 6.54 Å². The lowest BCUT2D eigenvalue weighted by molar-refractivity contribution is -0.108. The molecule has 81 valence electrons. The van der Waals surface area contributed by atoms with E-state index in [0.29, 0.717) is 12.8 Å². The van der Waals surface area contributed by atoms with Gasteiger partial charge in [0.25, 0.3) is 0 Å². The number of aromatic amines is 1. The van der Waals surface area contributed by atoms with E-state index in [9.17, 15) is 9.59 Å². The molecule has 2 aromatic rings. The summed E-state index contributed by atoms with van der Waals surface area (Å²) in [6.07, 6.45) is 4.29. The van der Waals surface area contributed by atoms with Gasteiger partial charge in [-0.25, -0.2) is 0 Å². The number of amides is 1. The molecule has 1 amide bonds. The van der Waals surface area contributed by atoms with Crippen LogP contribution < -0.4 is 0 Å². The van der Waals surface area contributed by atoms with Gasteiger partial charge in [0.15, 0.2) is 0 Å². The van der Waals surface area contributed by atoms with Crippen LogP contribution >= 0.6 is 0 Å². The molecule has 0 aliphatic carbocycles. The molecule has 4 nitrogen and oxygen atoms in total. The van der Waals surface area contributed by atoms with Crippen LogP contribution in [0.25, 0.3) is 10.9 Å². The first kappa shape index (κ1) is 10.4. The highest BCUT2D eigenvalue weighted by atomic mass is 16.1. The molecule has 0 saturated heterocycles. The zero-order chi connectivity index (χ0) is 11.4. The van der Waals surface area contributed by atoms with Gasteiger partial charge in [0, 0.05) is 23.6 Å². The summed E-state index contributed by atoms with van der Waals surface area (Å²) in [5.41, 5.74) is 2.01. The van der Waals surface area contributed by atoms with Crippen LogP contribution in [0.2, 0.25) is 0 Å². The molecule has 1 heterocycles. The lowest BCUT2D eigenvalue weighted by Gasteiger charge is -2.11. The number of hydrogen-bond acceptors (Lipinski definition) is 2. The lowest BCUT2D eigenvalue weighted by Crippen LogP contribution is -2.23. The molecule has 0 unspecified atom stereocenters. The molecule has 0 aliphatic rings. The number of carbonyl (C=O) groups excluding carboxylic acids is 2. The molecule has 4 heteroatoms. The molecule has 0 spiro atoms. The minimum Gasteiger partial charge on any atom is -0.361 e. The molecule has 1 aromatic carbocycles. The summed E-state index contributed by atoms with van der Waals surface area (Å²) in [5, 5.41) is 1.06. The van der Waals surface area contributed by atoms with Gasteiger partial charge in [0.2, 0.25) is 0 Å². The van der Waals surface area contributed by atoms with E-state index in [0.717, 1.165) is 16.5 Å². The molecule has 1 radical (unpaired) electrons. The number of benzene rings is 1. The van der Waals surface area contributed by atoms with E-state index in [4.69, 9.17) is 0 Å². The van der Waals surface area contributed by atoms with Crippen molar-refractivity contribution in [1.82, 2.24) is 9.88 Å². The Bertz CT molecular complexity index is 504. The van der Waals surface area contributed by atoms with Crippen molar-refractivity contribution in [1.29, 1.82) is 0 Å². The van der Waals surface area contributed by atoms with Gasteiger partial charge in [-0.3, -0.25) is 4.79 Å². The zero-order valence-corrected chi connectivity index (χ0v) is 8.64. The fourth-order valence-electron chi connectivity index (χ4n) is 1.69. The predicted octanol–water partition coefficient (Wildman–Crippen LogP) is 1.24. The fraction of sp³-hybridized carbons (Fsp3) is 0.167. The Balaban J connectivity index is 2.26. The third-order valence-corrected chi connectivity index (χ3v) is 2.46. The first-order valence-electron chi connectivity index (χ1n) is 4.96. The number of fused-ring (bicyclic) bond motifs is 1. The molecule has 0 bridgehead atoms. The van der Waals surface area contributed by atoms with E-state index in [1.807, 2.05) is 30.5 Å². The predicted molar refractivity (Wildman–Crippen MR) is 60.5 cm³/mol. The molecule has 0 aliphatic heterocycles. The van der Waals surface area contributed by atoms with Crippen LogP contribution in [0.5, 0.6) is 0 Å². The maximum absolute atomic E-state index is 10.6. The first-order chi connectivity index (χ1) is 7.85. The lowest BCUT2D eigenvalue weighted by atomic mass is 10.2. The summed E-state index contributed by atoms with van der Waals surface area (Å²) < 4.78 is 0. The molecular formula is C12H11N2O2. The van der Waals surface area contributed by atoms with E-state index in [-0.39, 0.29) is 6.54 Å². The van der Waals surface area contributed by atoms with Crippen LogP contribution in [-0.2, 0) is 16.1 Å². The SMILES string of the molecule is O=[C]N(CC=O)Cc1c[nH]c2ccccc12. The topological polar surface area (TPSA) is 53.2 Å². The first-order valence-corrected chi connectivity index (χ1v) is 4.96. The number of nitrogens with one attached hydrogen (secondary N) is 1. The number of carbonyl (C=O) groups is 1. The number of para-hydroxylation sites is 1. The third kappa shape index (κ3) is 1.95. The average Bonchev–Trinajstić information content (AvgIpc) is 2.72. The van der Waals surface area contributed by atoms with Gasteiger partial charge in [-0.15, -0.1) is 0 Å². The van der Waals surface area contributed by atoms with Gasteiger partial charge in [0.1, 0.15) is 6.29 Å². The maximum Gasteiger partial charge on any atom is 0.312 e. The summed E-state index contributed by atoms with van der Waals surface area (Å²) >= 11 is 0. The number of aromatic nitrogens is 1. The van der Waals surface area contributed by atoms with Gasteiger partial charge >= 0.3 is 6.41 Å². The molecule has 2 rings (SSSR count). The second-order valence-electron chi connectivity index (χ2n) is 3.50. The van der Waals surface area contributed by atoms with E-state index >= 15 is 0 Å². The Labute approximate surface area is 92.9 Å². The second kappa shape index (κ2) is 4.61. The van der Waals surface area contributed by atoms with Crippen molar-refractivity contribution in [3.8, 4) is 0 Å². The number of aldehydes is 1. The van der Waals surface area contributed by atoms with Crippen LogP contribution in [0.1, 0.15) is 5.56 Å². The van der Waals surface area contributed by atoms with Crippen molar-refractivity contribution < 1.29 is 9.59 Å². The molecule has 1 aromatic heterocycles. The Hall–Kier alpha value is -2.10. The summed E-state index contributed by atoms with van der Waals surface area (Å²) in [5.74, 6) is 0. The normalized spacial score (nSPS) is 10.2. The van der Waals surface area contributed by atoms with Crippen LogP contribution in [0.15, 0.2) is 30.5 Å². The van der Waals surface area contributed by atoms with Crippen LogP contribution in [0, 0.1) is 0 Å². The average molecular weight is 215 g/mol. The molecule has 16 heavy (non-hydrogen) atoms. The van der Waals surface area contributed by atoms with Gasteiger partial charge in [-0.1, -0.05) is 18.2 Å². The molecular weight excluding hydrogens is 204 g/mol. The van der Waals surface area contributed by atoms with E-state index < -0.39 is 0 Å². The van der Waals surface area contributed by atoms with Gasteiger partial charge < -0.3 is 14.7 Å². The van der Waals surface area contributed by atoms with Crippen molar-refractivity contribution in [2.24, 2.45) is 0 Å². The Morgan fingerprint density at radius 3 is 2.94 bits per heavy atom. The van der Waals surface area contributed by atoms with Crippen LogP contribution in [0.3, 0.4) is 0 Å². The summed E-state index contributed by atoms with van der Waals surface area (Å²) in [7, 11) is 0. The maximum atomic E-state index is 10.6. The third-order valence-electron chi connectivity index (χ3n) is 2.46. The second-order valence-corrected chi connectivity index (χ2v) is 3.50. The van der Waals surface area contributed by atoms with E-state index in [1.165, 1.54) is 4.90 Å². The highest BCUT2D eigenvalue weighted by Crippen LogP contribution is 2.18. The minimum atomic E-state index is 0.0724. The van der Waals surface area contributed by atoms with Crippen LogP contribution in [-0.4, -0.2) is 29.1 Å². The number of H-pyrrole nitrogens is 1. The number of rotatable bonds is 5. The minimum absolute atomic E-state index is 0.0724. The fourth-order valence-corrected chi connectivity index (χ4v) is 1.69. The Kier molecular flexibility index (Phi) is 3.00. The van der Waals surface area contributed by atoms with Gasteiger partial charge in [-0.05, 0) is 11.6 Å². The molecule has 0 fully saturated rings. The Morgan fingerprint density at radius 2 is 2.19 bits per heavy atom. The number of hydrogen-bond donors (Lipinski definition) is 1. The molecule has 0 atom stereocenters. The monoisotopic (exact) mass is 215 g/mol. The zero-order valence-electron chi connectivity index (χ0n) is 8.64. The van der Waals surface area contributed by atoms with Gasteiger partial charge in [-0.2, -0.15) is 0 Å². The molecule has 0 saturated carbocycles. The highest BCUT2D eigenvalue weighted by molar-refractivity contribution is 5.83. The van der Waals surface area contributed by atoms with Crippen molar-refractivity contribution in [3.63, 3.8) is 0 Å². The van der Waals surface area contributed by atoms with Gasteiger partial charge in [0.05, 0.1) is 6.54 Å². The summed E-state index contributed by atoms with van der Waals surface area (Å²) in [6.45, 7) is 0.468. The van der Waals surface area contributed by atoms with Crippen molar-refractivity contribution in [2.45, 2.75) is 6.54 Å². The largest absolute Gasteiger partial charge is 0.361 e. The van der Waals surface area contributed by atoms with Crippen molar-refractivity contribution >= 4 is 23.6 Å². The van der Waals surface area contributed by atoms with Crippen molar-refractivity contribution in [3.05, 3.63) is 36.0 Å². The quantitative estimate of drug-likeness (QED) is 0.602. The Morgan fingerprint density at radius 1 is 1.38 bits per heavy atom. The summed E-state index contributed by atoms with van der Waals surface area (Å²) in [4.78, 5) is 25.4. The number of nitrogens with zero attached hydrogens (tertiary/aromatic N) is 1.